The third-order valence-corrected chi connectivity index (χ3v) is 5.56. The zero-order valence-corrected chi connectivity index (χ0v) is 14.8. The number of benzene rings is 1. The second-order valence-electron chi connectivity index (χ2n) is 4.51. The molecule has 0 saturated heterocycles. The summed E-state index contributed by atoms with van der Waals surface area (Å²) in [5.41, 5.74) is 6.83. The van der Waals surface area contributed by atoms with Crippen LogP contribution in [0.4, 0.5) is 5.69 Å². The molecule has 0 bridgehead atoms. The van der Waals surface area contributed by atoms with Gasteiger partial charge in [-0.15, -0.1) is 0 Å². The molecule has 0 saturated carbocycles. The lowest BCUT2D eigenvalue weighted by atomic mass is 10.2. The number of hydrogen-bond donors (Lipinski definition) is 1. The summed E-state index contributed by atoms with van der Waals surface area (Å²) < 4.78 is 37.5. The highest BCUT2D eigenvalue weighted by atomic mass is 79.9. The minimum absolute atomic E-state index is 0.196. The summed E-state index contributed by atoms with van der Waals surface area (Å²) in [6, 6.07) is 3.25. The highest BCUT2D eigenvalue weighted by Crippen LogP contribution is 2.28. The second-order valence-corrected chi connectivity index (χ2v) is 7.33. The molecule has 0 amide bonds. The lowest BCUT2D eigenvalue weighted by Gasteiger charge is -2.23. The molecule has 0 aliphatic rings. The van der Waals surface area contributed by atoms with E-state index >= 15 is 0 Å². The van der Waals surface area contributed by atoms with Crippen LogP contribution in [0.2, 0.25) is 0 Å². The molecule has 0 aliphatic heterocycles. The van der Waals surface area contributed by atoms with E-state index in [4.69, 9.17) is 15.2 Å². The second kappa shape index (κ2) is 8.09. The van der Waals surface area contributed by atoms with Crippen LogP contribution in [0.5, 0.6) is 0 Å². The van der Waals surface area contributed by atoms with Crippen LogP contribution in [0, 0.1) is 6.92 Å². The molecule has 0 heterocycles. The van der Waals surface area contributed by atoms with Crippen LogP contribution < -0.4 is 5.73 Å². The number of ether oxygens (including phenoxy) is 2. The van der Waals surface area contributed by atoms with Crippen molar-refractivity contribution in [1.82, 2.24) is 4.31 Å². The fourth-order valence-corrected chi connectivity index (χ4v) is 4.14. The first-order valence-corrected chi connectivity index (χ1v) is 8.61. The lowest BCUT2D eigenvalue weighted by Crippen LogP contribution is -2.36. The van der Waals surface area contributed by atoms with Crippen LogP contribution >= 0.6 is 15.9 Å². The third kappa shape index (κ3) is 4.65. The van der Waals surface area contributed by atoms with Crippen LogP contribution in [0.3, 0.4) is 0 Å². The van der Waals surface area contributed by atoms with Gasteiger partial charge in [0.15, 0.2) is 0 Å². The molecule has 21 heavy (non-hydrogen) atoms. The number of anilines is 1. The fraction of sp³-hybridized carbons (Fsp3) is 0.538. The Morgan fingerprint density at radius 1 is 1.19 bits per heavy atom. The molecule has 1 aromatic rings. The van der Waals surface area contributed by atoms with Gasteiger partial charge in [-0.05, 0) is 24.6 Å². The SMILES string of the molecule is COCCN(CCOC)S(=O)(=O)c1cc(Br)cc(N)c1C. The number of rotatable bonds is 8. The number of nitrogens with zero attached hydrogens (tertiary/aromatic N) is 1. The van der Waals surface area contributed by atoms with Gasteiger partial charge in [0, 0.05) is 37.5 Å². The average Bonchev–Trinajstić information content (AvgIpc) is 2.42. The summed E-state index contributed by atoms with van der Waals surface area (Å²) in [5.74, 6) is 0. The number of sulfonamides is 1. The van der Waals surface area contributed by atoms with Crippen molar-refractivity contribution < 1.29 is 17.9 Å². The Bertz CT molecular complexity index is 570. The van der Waals surface area contributed by atoms with Crippen LogP contribution in [0.1, 0.15) is 5.56 Å². The van der Waals surface area contributed by atoms with Crippen molar-refractivity contribution in [2.24, 2.45) is 0 Å². The minimum atomic E-state index is -3.66. The van der Waals surface area contributed by atoms with Crippen molar-refractivity contribution in [2.75, 3.05) is 46.3 Å². The van der Waals surface area contributed by atoms with E-state index in [1.165, 1.54) is 18.5 Å². The molecule has 8 heteroatoms. The zero-order valence-electron chi connectivity index (χ0n) is 12.4. The number of hydrogen-bond acceptors (Lipinski definition) is 5. The number of nitrogens with two attached hydrogens (primary N) is 1. The highest BCUT2D eigenvalue weighted by molar-refractivity contribution is 9.10. The Balaban J connectivity index is 3.21. The molecule has 120 valence electrons. The molecular formula is C13H21BrN2O4S. The Morgan fingerprint density at radius 3 is 2.19 bits per heavy atom. The molecule has 2 N–H and O–H groups in total. The molecule has 0 fully saturated rings. The first-order valence-electron chi connectivity index (χ1n) is 6.38. The molecule has 6 nitrogen and oxygen atoms in total. The predicted molar refractivity (Wildman–Crippen MR) is 85.8 cm³/mol. The van der Waals surface area contributed by atoms with Gasteiger partial charge in [0.05, 0.1) is 18.1 Å². The zero-order chi connectivity index (χ0) is 16.0. The quantitative estimate of drug-likeness (QED) is 0.692. The molecular weight excluding hydrogens is 360 g/mol. The Labute approximate surface area is 134 Å². The van der Waals surface area contributed by atoms with Crippen molar-refractivity contribution in [1.29, 1.82) is 0 Å². The van der Waals surface area contributed by atoms with Crippen molar-refractivity contribution in [3.8, 4) is 0 Å². The van der Waals surface area contributed by atoms with E-state index < -0.39 is 10.0 Å². The predicted octanol–water partition coefficient (Wildman–Crippen LogP) is 1.62. The Kier molecular flexibility index (Phi) is 7.08. The molecule has 0 spiro atoms. The maximum Gasteiger partial charge on any atom is 0.243 e. The summed E-state index contributed by atoms with van der Waals surface area (Å²) in [4.78, 5) is 0.196. The van der Waals surface area contributed by atoms with E-state index in [2.05, 4.69) is 15.9 Å². The summed E-state index contributed by atoms with van der Waals surface area (Å²) in [7, 11) is -0.595. The van der Waals surface area contributed by atoms with Crippen molar-refractivity contribution in [3.05, 3.63) is 22.2 Å². The molecule has 0 radical (unpaired) electrons. The normalized spacial score (nSPS) is 12.0. The molecule has 1 aromatic carbocycles. The van der Waals surface area contributed by atoms with Gasteiger partial charge in [0.1, 0.15) is 0 Å². The van der Waals surface area contributed by atoms with Gasteiger partial charge in [-0.1, -0.05) is 15.9 Å². The minimum Gasteiger partial charge on any atom is -0.398 e. The Morgan fingerprint density at radius 2 is 1.71 bits per heavy atom. The number of methoxy groups -OCH3 is 2. The summed E-state index contributed by atoms with van der Waals surface area (Å²) in [6.45, 7) is 2.83. The molecule has 0 aliphatic carbocycles. The molecule has 0 unspecified atom stereocenters. The first-order chi connectivity index (χ1) is 9.84. The van der Waals surface area contributed by atoms with E-state index in [1.807, 2.05) is 0 Å². The molecule has 0 atom stereocenters. The van der Waals surface area contributed by atoms with Gasteiger partial charge >= 0.3 is 0 Å². The van der Waals surface area contributed by atoms with Crippen molar-refractivity contribution >= 4 is 31.6 Å². The monoisotopic (exact) mass is 380 g/mol. The maximum atomic E-state index is 12.8. The van der Waals surface area contributed by atoms with E-state index in [0.29, 0.717) is 28.9 Å². The standard InChI is InChI=1S/C13H21BrN2O4S/c1-10-12(15)8-11(14)9-13(10)21(17,18)16(4-6-19-2)5-7-20-3/h8-9H,4-7,15H2,1-3H3. The average molecular weight is 381 g/mol. The van der Waals surface area contributed by atoms with Gasteiger partial charge in [0.2, 0.25) is 10.0 Å². The largest absolute Gasteiger partial charge is 0.398 e. The number of nitrogen functional groups attached to an aromatic ring is 1. The van der Waals surface area contributed by atoms with E-state index in [-0.39, 0.29) is 18.0 Å². The smallest absolute Gasteiger partial charge is 0.243 e. The van der Waals surface area contributed by atoms with Crippen LogP contribution in [0.25, 0.3) is 0 Å². The van der Waals surface area contributed by atoms with Crippen molar-refractivity contribution in [3.63, 3.8) is 0 Å². The Hall–Kier alpha value is -0.670. The van der Waals surface area contributed by atoms with Gasteiger partial charge in [-0.3, -0.25) is 0 Å². The lowest BCUT2D eigenvalue weighted by molar-refractivity contribution is 0.150. The summed E-state index contributed by atoms with van der Waals surface area (Å²) >= 11 is 3.28. The van der Waals surface area contributed by atoms with E-state index in [1.54, 1.807) is 19.1 Å². The van der Waals surface area contributed by atoms with E-state index in [9.17, 15) is 8.42 Å². The van der Waals surface area contributed by atoms with Gasteiger partial charge in [-0.2, -0.15) is 4.31 Å². The van der Waals surface area contributed by atoms with Gasteiger partial charge in [0.25, 0.3) is 0 Å². The maximum absolute atomic E-state index is 12.8. The van der Waals surface area contributed by atoms with Crippen molar-refractivity contribution in [2.45, 2.75) is 11.8 Å². The highest BCUT2D eigenvalue weighted by Gasteiger charge is 2.26. The van der Waals surface area contributed by atoms with Gasteiger partial charge in [-0.25, -0.2) is 8.42 Å². The van der Waals surface area contributed by atoms with Crippen LogP contribution in [0.15, 0.2) is 21.5 Å². The summed E-state index contributed by atoms with van der Waals surface area (Å²) in [6.07, 6.45) is 0. The summed E-state index contributed by atoms with van der Waals surface area (Å²) in [5, 5.41) is 0. The van der Waals surface area contributed by atoms with Crippen LogP contribution in [-0.4, -0.2) is 53.2 Å². The molecule has 0 aromatic heterocycles. The third-order valence-electron chi connectivity index (χ3n) is 3.07. The topological polar surface area (TPSA) is 81.9 Å². The fourth-order valence-electron chi connectivity index (χ4n) is 1.82. The van der Waals surface area contributed by atoms with E-state index in [0.717, 1.165) is 0 Å². The molecule has 1 rings (SSSR count). The first kappa shape index (κ1) is 18.4. The number of halogens is 1. The van der Waals surface area contributed by atoms with Gasteiger partial charge < -0.3 is 15.2 Å². The van der Waals surface area contributed by atoms with Crippen LogP contribution in [-0.2, 0) is 19.5 Å².